The molecule has 0 aliphatic carbocycles. The number of benzene rings is 1. The maximum Gasteiger partial charge on any atom is 0.251 e. The minimum atomic E-state index is -3.79. The molecule has 0 unspecified atom stereocenters. The summed E-state index contributed by atoms with van der Waals surface area (Å²) in [6.07, 6.45) is 2.93. The molecular formula is C16H19N3O4S. The largest absolute Gasteiger partial charge is 0.364 e. The van der Waals surface area contributed by atoms with Gasteiger partial charge in [-0.25, -0.2) is 8.42 Å². The molecule has 8 heteroatoms. The third-order valence-corrected chi connectivity index (χ3v) is 5.54. The number of nitrogens with zero attached hydrogens (tertiary/aromatic N) is 2. The summed E-state index contributed by atoms with van der Waals surface area (Å²) < 4.78 is 31.5. The normalized spacial score (nSPS) is 12.8. The van der Waals surface area contributed by atoms with E-state index in [9.17, 15) is 13.2 Å². The molecule has 7 nitrogen and oxygen atoms in total. The Balaban J connectivity index is 2.29. The molecule has 1 aromatic carbocycles. The highest BCUT2D eigenvalue weighted by atomic mass is 32.2. The quantitative estimate of drug-likeness (QED) is 0.772. The maximum absolute atomic E-state index is 12.8. The van der Waals surface area contributed by atoms with Crippen LogP contribution in [0.4, 0.5) is 0 Å². The molecule has 128 valence electrons. The molecule has 1 N–H and O–H groups in total. The number of aromatic nitrogens is 1. The second-order valence-electron chi connectivity index (χ2n) is 5.15. The molecule has 24 heavy (non-hydrogen) atoms. The van der Waals surface area contributed by atoms with Gasteiger partial charge in [0.05, 0.1) is 10.9 Å². The summed E-state index contributed by atoms with van der Waals surface area (Å²) in [5, 5.41) is 6.38. The van der Waals surface area contributed by atoms with Crippen molar-refractivity contribution in [3.8, 4) is 0 Å². The van der Waals surface area contributed by atoms with Crippen LogP contribution in [0.15, 0.2) is 58.7 Å². The molecule has 1 amide bonds. The highest BCUT2D eigenvalue weighted by molar-refractivity contribution is 7.89. The van der Waals surface area contributed by atoms with Crippen LogP contribution in [0.5, 0.6) is 0 Å². The number of hydrogen-bond donors (Lipinski definition) is 1. The summed E-state index contributed by atoms with van der Waals surface area (Å²) in [6, 6.07) is 6.98. The van der Waals surface area contributed by atoms with Gasteiger partial charge < -0.3 is 9.84 Å². The van der Waals surface area contributed by atoms with Crippen LogP contribution in [-0.2, 0) is 10.0 Å². The molecule has 2 aromatic rings. The number of carbonyl (C=O) groups excluding carboxylic acids is 1. The smallest absolute Gasteiger partial charge is 0.251 e. The van der Waals surface area contributed by atoms with E-state index in [1.165, 1.54) is 35.8 Å². The average molecular weight is 349 g/mol. The van der Waals surface area contributed by atoms with Crippen LogP contribution >= 0.6 is 0 Å². The topological polar surface area (TPSA) is 92.5 Å². The fourth-order valence-electron chi connectivity index (χ4n) is 2.06. The summed E-state index contributed by atoms with van der Waals surface area (Å²) in [6.45, 7) is 5.53. The van der Waals surface area contributed by atoms with Crippen LogP contribution < -0.4 is 5.32 Å². The van der Waals surface area contributed by atoms with Gasteiger partial charge in [0.25, 0.3) is 5.91 Å². The highest BCUT2D eigenvalue weighted by Crippen LogP contribution is 2.25. The second-order valence-corrected chi connectivity index (χ2v) is 7.15. The fraction of sp³-hybridized carbons (Fsp3) is 0.250. The first-order valence-electron chi connectivity index (χ1n) is 7.25. The Morgan fingerprint density at radius 2 is 2.21 bits per heavy atom. The second kappa shape index (κ2) is 7.41. The van der Waals surface area contributed by atoms with E-state index in [4.69, 9.17) is 4.52 Å². The Morgan fingerprint density at radius 3 is 2.83 bits per heavy atom. The van der Waals surface area contributed by atoms with Crippen molar-refractivity contribution >= 4 is 15.9 Å². The molecule has 0 fully saturated rings. The number of sulfonamides is 1. The van der Waals surface area contributed by atoms with Crippen LogP contribution in [0, 0.1) is 0 Å². The first kappa shape index (κ1) is 17.9. The van der Waals surface area contributed by atoms with Crippen molar-refractivity contribution in [1.82, 2.24) is 14.8 Å². The lowest BCUT2D eigenvalue weighted by atomic mass is 10.2. The maximum atomic E-state index is 12.8. The van der Waals surface area contributed by atoms with E-state index in [0.717, 1.165) is 0 Å². The van der Waals surface area contributed by atoms with Crippen molar-refractivity contribution in [2.45, 2.75) is 17.9 Å². The third-order valence-electron chi connectivity index (χ3n) is 3.61. The average Bonchev–Trinajstić information content (AvgIpc) is 3.13. The summed E-state index contributed by atoms with van der Waals surface area (Å²) in [5.74, 6) is -0.362. The zero-order chi connectivity index (χ0) is 17.7. The molecule has 2 rings (SSSR count). The van der Waals surface area contributed by atoms with Gasteiger partial charge in [0.1, 0.15) is 12.0 Å². The molecular weight excluding hydrogens is 330 g/mol. The minimum Gasteiger partial charge on any atom is -0.364 e. The van der Waals surface area contributed by atoms with Gasteiger partial charge in [0.15, 0.2) is 0 Å². The molecule has 0 saturated carbocycles. The molecule has 1 heterocycles. The lowest BCUT2D eigenvalue weighted by Gasteiger charge is -2.22. The van der Waals surface area contributed by atoms with E-state index in [2.05, 4.69) is 17.1 Å². The van der Waals surface area contributed by atoms with Crippen LogP contribution in [0.2, 0.25) is 0 Å². The number of nitrogens with one attached hydrogen (secondary N) is 1. The summed E-state index contributed by atoms with van der Waals surface area (Å²) >= 11 is 0. The van der Waals surface area contributed by atoms with Gasteiger partial charge in [0, 0.05) is 25.2 Å². The number of rotatable bonds is 7. The summed E-state index contributed by atoms with van der Waals surface area (Å²) in [4.78, 5) is 12.0. The van der Waals surface area contributed by atoms with E-state index in [-0.39, 0.29) is 16.4 Å². The Bertz CT molecular complexity index is 816. The van der Waals surface area contributed by atoms with Crippen molar-refractivity contribution in [2.75, 3.05) is 13.6 Å². The molecule has 0 radical (unpaired) electrons. The zero-order valence-electron chi connectivity index (χ0n) is 13.5. The van der Waals surface area contributed by atoms with Gasteiger partial charge in [0.2, 0.25) is 10.0 Å². The van der Waals surface area contributed by atoms with E-state index in [1.807, 2.05) is 0 Å². The van der Waals surface area contributed by atoms with Gasteiger partial charge in [-0.05, 0) is 25.1 Å². The van der Waals surface area contributed by atoms with E-state index >= 15 is 0 Å². The monoisotopic (exact) mass is 349 g/mol. The molecule has 0 saturated heterocycles. The van der Waals surface area contributed by atoms with Gasteiger partial charge >= 0.3 is 0 Å². The molecule has 0 aliphatic rings. The van der Waals surface area contributed by atoms with Crippen molar-refractivity contribution in [2.24, 2.45) is 0 Å². The van der Waals surface area contributed by atoms with Gasteiger partial charge in [-0.1, -0.05) is 17.3 Å². The summed E-state index contributed by atoms with van der Waals surface area (Å²) in [5.41, 5.74) is 0.765. The van der Waals surface area contributed by atoms with Gasteiger partial charge in [-0.3, -0.25) is 4.79 Å². The standard InChI is InChI=1S/C16H19N3O4S/c1-4-9-17-16(20)13-6-5-7-14(11-13)24(21,22)19(3)12(2)15-8-10-23-18-15/h4-8,10-12H,1,9H2,2-3H3,(H,17,20)/t12-/m1/s1. The lowest BCUT2D eigenvalue weighted by molar-refractivity contribution is 0.0958. The third kappa shape index (κ3) is 3.72. The SMILES string of the molecule is C=CCNC(=O)c1cccc(S(=O)(=O)N(C)[C@H](C)c2ccon2)c1. The van der Waals surface area contributed by atoms with Crippen LogP contribution in [0.25, 0.3) is 0 Å². The van der Waals surface area contributed by atoms with E-state index in [1.54, 1.807) is 25.1 Å². The first-order valence-corrected chi connectivity index (χ1v) is 8.69. The van der Waals surface area contributed by atoms with E-state index < -0.39 is 16.1 Å². The zero-order valence-corrected chi connectivity index (χ0v) is 14.3. The van der Waals surface area contributed by atoms with E-state index in [0.29, 0.717) is 12.2 Å². The Hall–Kier alpha value is -2.45. The fourth-order valence-corrected chi connectivity index (χ4v) is 3.45. The minimum absolute atomic E-state index is 0.0339. The van der Waals surface area contributed by atoms with Crippen molar-refractivity contribution in [1.29, 1.82) is 0 Å². The number of hydrogen-bond acceptors (Lipinski definition) is 5. The van der Waals surface area contributed by atoms with Crippen molar-refractivity contribution in [3.63, 3.8) is 0 Å². The van der Waals surface area contributed by atoms with Crippen molar-refractivity contribution in [3.05, 3.63) is 60.5 Å². The number of amides is 1. The summed E-state index contributed by atoms with van der Waals surface area (Å²) in [7, 11) is -2.33. The Morgan fingerprint density at radius 1 is 1.46 bits per heavy atom. The molecule has 0 bridgehead atoms. The van der Waals surface area contributed by atoms with Gasteiger partial charge in [-0.2, -0.15) is 4.31 Å². The van der Waals surface area contributed by atoms with Crippen LogP contribution in [0.1, 0.15) is 29.0 Å². The predicted octanol–water partition coefficient (Wildman–Crippen LogP) is 1.97. The highest BCUT2D eigenvalue weighted by Gasteiger charge is 2.28. The van der Waals surface area contributed by atoms with Crippen LogP contribution in [0.3, 0.4) is 0 Å². The Kier molecular flexibility index (Phi) is 5.53. The Labute approximate surface area is 141 Å². The molecule has 0 spiro atoms. The van der Waals surface area contributed by atoms with Crippen molar-refractivity contribution < 1.29 is 17.7 Å². The van der Waals surface area contributed by atoms with Gasteiger partial charge in [-0.15, -0.1) is 6.58 Å². The molecule has 1 aromatic heterocycles. The molecule has 1 atom stereocenters. The lowest BCUT2D eigenvalue weighted by Crippen LogP contribution is -2.30. The first-order chi connectivity index (χ1) is 11.4. The number of carbonyl (C=O) groups is 1. The predicted molar refractivity (Wildman–Crippen MR) is 88.8 cm³/mol. The van der Waals surface area contributed by atoms with Crippen LogP contribution in [-0.4, -0.2) is 37.4 Å². The molecule has 0 aliphatic heterocycles.